The van der Waals surface area contributed by atoms with E-state index in [1.165, 1.54) is 4.90 Å². The molecule has 126 valence electrons. The molecule has 0 bridgehead atoms. The van der Waals surface area contributed by atoms with Crippen LogP contribution >= 0.6 is 0 Å². The zero-order valence-corrected chi connectivity index (χ0v) is 13.8. The summed E-state index contributed by atoms with van der Waals surface area (Å²) in [6.07, 6.45) is 5.11. The Morgan fingerprint density at radius 1 is 1.21 bits per heavy atom. The number of amides is 4. The third-order valence-electron chi connectivity index (χ3n) is 4.60. The standard InChI is InChI=1S/C18H20N2O4/c1-11-9-14(24-2)8-7-12(11)10-15-16(21)19-18(23)20(17(15)22)13-5-3-4-6-13/h7-10,13H,3-6H2,1-2H3,(H,19,21,23)/b15-10+. The van der Waals surface area contributed by atoms with Gasteiger partial charge in [0.25, 0.3) is 11.8 Å². The summed E-state index contributed by atoms with van der Waals surface area (Å²) in [5.74, 6) is -0.447. The Morgan fingerprint density at radius 3 is 2.54 bits per heavy atom. The molecule has 24 heavy (non-hydrogen) atoms. The quantitative estimate of drug-likeness (QED) is 0.683. The van der Waals surface area contributed by atoms with Gasteiger partial charge in [-0.1, -0.05) is 18.9 Å². The molecule has 0 radical (unpaired) electrons. The molecular weight excluding hydrogens is 308 g/mol. The second-order valence-corrected chi connectivity index (χ2v) is 6.15. The number of carbonyl (C=O) groups excluding carboxylic acids is 3. The molecule has 0 unspecified atom stereocenters. The molecule has 1 saturated heterocycles. The number of rotatable bonds is 3. The van der Waals surface area contributed by atoms with Gasteiger partial charge in [0.1, 0.15) is 11.3 Å². The molecule has 1 aliphatic heterocycles. The van der Waals surface area contributed by atoms with Gasteiger partial charge in [0.15, 0.2) is 0 Å². The third-order valence-corrected chi connectivity index (χ3v) is 4.60. The van der Waals surface area contributed by atoms with Crippen LogP contribution in [0.25, 0.3) is 6.08 Å². The predicted molar refractivity (Wildman–Crippen MR) is 88.3 cm³/mol. The highest BCUT2D eigenvalue weighted by Crippen LogP contribution is 2.27. The van der Waals surface area contributed by atoms with Gasteiger partial charge in [-0.3, -0.25) is 19.8 Å². The number of nitrogens with zero attached hydrogens (tertiary/aromatic N) is 1. The fourth-order valence-electron chi connectivity index (χ4n) is 3.26. The van der Waals surface area contributed by atoms with Crippen LogP contribution in [0.2, 0.25) is 0 Å². The van der Waals surface area contributed by atoms with Crippen molar-refractivity contribution in [2.45, 2.75) is 38.6 Å². The van der Waals surface area contributed by atoms with E-state index in [2.05, 4.69) is 5.32 Å². The van der Waals surface area contributed by atoms with Gasteiger partial charge in [0, 0.05) is 6.04 Å². The fraction of sp³-hybridized carbons (Fsp3) is 0.389. The first-order valence-corrected chi connectivity index (χ1v) is 8.06. The molecule has 1 heterocycles. The van der Waals surface area contributed by atoms with Crippen molar-refractivity contribution >= 4 is 23.9 Å². The molecule has 6 nitrogen and oxygen atoms in total. The Bertz CT molecular complexity index is 733. The average Bonchev–Trinajstić information content (AvgIpc) is 3.06. The molecular formula is C18H20N2O4. The zero-order chi connectivity index (χ0) is 17.3. The van der Waals surface area contributed by atoms with Gasteiger partial charge >= 0.3 is 6.03 Å². The van der Waals surface area contributed by atoms with Gasteiger partial charge in [-0.25, -0.2) is 4.79 Å². The molecule has 1 aromatic rings. The van der Waals surface area contributed by atoms with E-state index in [9.17, 15) is 14.4 Å². The molecule has 3 rings (SSSR count). The molecule has 1 saturated carbocycles. The Balaban J connectivity index is 1.94. The number of nitrogens with one attached hydrogen (secondary N) is 1. The van der Waals surface area contributed by atoms with E-state index in [1.54, 1.807) is 25.3 Å². The van der Waals surface area contributed by atoms with Gasteiger partial charge in [-0.05, 0) is 49.1 Å². The van der Waals surface area contributed by atoms with Crippen molar-refractivity contribution in [3.8, 4) is 5.75 Å². The number of carbonyl (C=O) groups is 3. The summed E-state index contributed by atoms with van der Waals surface area (Å²) in [6.45, 7) is 1.88. The zero-order valence-electron chi connectivity index (χ0n) is 13.8. The van der Waals surface area contributed by atoms with Crippen LogP contribution in [0, 0.1) is 6.92 Å². The van der Waals surface area contributed by atoms with Crippen molar-refractivity contribution < 1.29 is 19.1 Å². The largest absolute Gasteiger partial charge is 0.497 e. The van der Waals surface area contributed by atoms with E-state index in [0.717, 1.165) is 36.8 Å². The first kappa shape index (κ1) is 16.2. The number of barbiturate groups is 1. The molecule has 1 aliphatic carbocycles. The topological polar surface area (TPSA) is 75.7 Å². The van der Waals surface area contributed by atoms with Crippen molar-refractivity contribution in [3.05, 3.63) is 34.9 Å². The van der Waals surface area contributed by atoms with Gasteiger partial charge in [-0.15, -0.1) is 0 Å². The molecule has 2 fully saturated rings. The van der Waals surface area contributed by atoms with Crippen molar-refractivity contribution in [1.29, 1.82) is 0 Å². The van der Waals surface area contributed by atoms with Gasteiger partial charge in [0.2, 0.25) is 0 Å². The fourth-order valence-corrected chi connectivity index (χ4v) is 3.26. The monoisotopic (exact) mass is 328 g/mol. The minimum absolute atomic E-state index is 0.00485. The number of hydrogen-bond acceptors (Lipinski definition) is 4. The molecule has 6 heteroatoms. The van der Waals surface area contributed by atoms with Crippen molar-refractivity contribution in [1.82, 2.24) is 10.2 Å². The molecule has 2 aliphatic rings. The second kappa shape index (κ2) is 6.47. The average molecular weight is 328 g/mol. The summed E-state index contributed by atoms with van der Waals surface area (Å²) >= 11 is 0. The minimum atomic E-state index is -0.644. The summed E-state index contributed by atoms with van der Waals surface area (Å²) in [6, 6.07) is 4.66. The molecule has 0 atom stereocenters. The lowest BCUT2D eigenvalue weighted by atomic mass is 10.0. The van der Waals surface area contributed by atoms with Crippen LogP contribution in [-0.4, -0.2) is 35.9 Å². The highest BCUT2D eigenvalue weighted by molar-refractivity contribution is 6.31. The van der Waals surface area contributed by atoms with Crippen LogP contribution in [0.4, 0.5) is 4.79 Å². The summed E-state index contributed by atoms with van der Waals surface area (Å²) in [5, 5.41) is 2.28. The summed E-state index contributed by atoms with van der Waals surface area (Å²) in [7, 11) is 1.58. The molecule has 1 N–H and O–H groups in total. The highest BCUT2D eigenvalue weighted by Gasteiger charge is 2.40. The smallest absolute Gasteiger partial charge is 0.331 e. The maximum Gasteiger partial charge on any atom is 0.331 e. The van der Waals surface area contributed by atoms with E-state index in [0.29, 0.717) is 5.75 Å². The van der Waals surface area contributed by atoms with Gasteiger partial charge in [-0.2, -0.15) is 0 Å². The maximum absolute atomic E-state index is 12.7. The van der Waals surface area contributed by atoms with Gasteiger partial charge in [0.05, 0.1) is 7.11 Å². The lowest BCUT2D eigenvalue weighted by Gasteiger charge is -2.31. The predicted octanol–water partition coefficient (Wildman–Crippen LogP) is 2.41. The first-order chi connectivity index (χ1) is 11.5. The Labute approximate surface area is 140 Å². The highest BCUT2D eigenvalue weighted by atomic mass is 16.5. The molecule has 1 aromatic carbocycles. The number of ether oxygens (including phenoxy) is 1. The number of urea groups is 1. The maximum atomic E-state index is 12.7. The van der Waals surface area contributed by atoms with Crippen molar-refractivity contribution in [2.24, 2.45) is 0 Å². The minimum Gasteiger partial charge on any atom is -0.497 e. The second-order valence-electron chi connectivity index (χ2n) is 6.15. The summed E-state index contributed by atoms with van der Waals surface area (Å²) in [5.41, 5.74) is 1.62. The van der Waals surface area contributed by atoms with Crippen LogP contribution in [-0.2, 0) is 9.59 Å². The first-order valence-electron chi connectivity index (χ1n) is 8.06. The van der Waals surface area contributed by atoms with E-state index < -0.39 is 17.8 Å². The van der Waals surface area contributed by atoms with Crippen molar-refractivity contribution in [3.63, 3.8) is 0 Å². The van der Waals surface area contributed by atoms with Crippen molar-refractivity contribution in [2.75, 3.05) is 7.11 Å². The van der Waals surface area contributed by atoms with Crippen LogP contribution in [0.15, 0.2) is 23.8 Å². The van der Waals surface area contributed by atoms with Crippen LogP contribution in [0.3, 0.4) is 0 Å². The molecule has 4 amide bonds. The lowest BCUT2D eigenvalue weighted by Crippen LogP contribution is -2.57. The number of aryl methyl sites for hydroxylation is 1. The lowest BCUT2D eigenvalue weighted by molar-refractivity contribution is -0.131. The number of imide groups is 2. The normalized spacial score (nSPS) is 20.7. The van der Waals surface area contributed by atoms with E-state index in [-0.39, 0.29) is 11.6 Å². The van der Waals surface area contributed by atoms with Crippen LogP contribution in [0.1, 0.15) is 36.8 Å². The number of methoxy groups -OCH3 is 1. The molecule has 0 spiro atoms. The number of hydrogen-bond donors (Lipinski definition) is 1. The van der Waals surface area contributed by atoms with E-state index in [1.807, 2.05) is 13.0 Å². The SMILES string of the molecule is COc1ccc(/C=C2\C(=O)NC(=O)N(C3CCCC3)C2=O)c(C)c1. The number of benzene rings is 1. The molecule has 0 aromatic heterocycles. The van der Waals surface area contributed by atoms with Gasteiger partial charge < -0.3 is 4.74 Å². The van der Waals surface area contributed by atoms with E-state index in [4.69, 9.17) is 4.74 Å². The Hall–Kier alpha value is -2.63. The van der Waals surface area contributed by atoms with Crippen LogP contribution < -0.4 is 10.1 Å². The Kier molecular flexibility index (Phi) is 4.38. The Morgan fingerprint density at radius 2 is 1.92 bits per heavy atom. The summed E-state index contributed by atoms with van der Waals surface area (Å²) in [4.78, 5) is 38.2. The van der Waals surface area contributed by atoms with Crippen LogP contribution in [0.5, 0.6) is 5.75 Å². The third kappa shape index (κ3) is 2.91. The van der Waals surface area contributed by atoms with E-state index >= 15 is 0 Å². The summed E-state index contributed by atoms with van der Waals surface area (Å²) < 4.78 is 5.16.